The molecule has 3 heteroatoms. The molecule has 0 spiro atoms. The van der Waals surface area contributed by atoms with E-state index in [1.165, 1.54) is 39.2 Å². The van der Waals surface area contributed by atoms with Gasteiger partial charge >= 0.3 is 0 Å². The largest absolute Gasteiger partial charge is 0.310 e. The van der Waals surface area contributed by atoms with E-state index in [9.17, 15) is 0 Å². The number of halogens is 1. The number of rotatable bonds is 2. The molecule has 4 aromatic rings. The minimum absolute atomic E-state index is 0.261. The lowest BCUT2D eigenvalue weighted by Crippen LogP contribution is -2.37. The van der Waals surface area contributed by atoms with E-state index in [0.717, 1.165) is 4.47 Å². The van der Waals surface area contributed by atoms with Gasteiger partial charge in [0.05, 0.1) is 5.69 Å². The Morgan fingerprint density at radius 1 is 0.759 bits per heavy atom. The molecular weight excluding hydrogens is 417 g/mol. The van der Waals surface area contributed by atoms with Crippen molar-refractivity contribution >= 4 is 46.3 Å². The predicted molar refractivity (Wildman–Crippen MR) is 129 cm³/mol. The lowest BCUT2D eigenvalue weighted by Gasteiger charge is -2.45. The van der Waals surface area contributed by atoms with Crippen molar-refractivity contribution in [2.45, 2.75) is 12.3 Å². The van der Waals surface area contributed by atoms with Gasteiger partial charge < -0.3 is 4.90 Å². The van der Waals surface area contributed by atoms with E-state index in [-0.39, 0.29) is 5.41 Å². The average molecular weight is 438 g/mol. The fourth-order valence-electron chi connectivity index (χ4n) is 4.72. The van der Waals surface area contributed by atoms with Crippen molar-refractivity contribution in [3.05, 3.63) is 118 Å². The number of nitrogens with zero attached hydrogens (tertiary/aromatic N) is 1. The van der Waals surface area contributed by atoms with Crippen LogP contribution in [0.3, 0.4) is 0 Å². The zero-order chi connectivity index (χ0) is 20.0. The third-order valence-electron chi connectivity index (χ3n) is 6.10. The van der Waals surface area contributed by atoms with Crippen LogP contribution in [0.5, 0.6) is 0 Å². The maximum atomic E-state index is 3.90. The Morgan fingerprint density at radius 2 is 1.41 bits per heavy atom. The van der Waals surface area contributed by atoms with Crippen molar-refractivity contribution in [2.24, 2.45) is 0 Å². The highest BCUT2D eigenvalue weighted by molar-refractivity contribution is 9.10. The molecule has 1 heterocycles. The Kier molecular flexibility index (Phi) is 4.36. The summed E-state index contributed by atoms with van der Waals surface area (Å²) in [4.78, 5) is 2.41. The van der Waals surface area contributed by atoms with E-state index in [1.807, 2.05) is 0 Å². The fourth-order valence-corrected chi connectivity index (χ4v) is 5.48. The Morgan fingerprint density at radius 3 is 2.14 bits per heavy atom. The molecule has 0 aliphatic carbocycles. The zero-order valence-electron chi connectivity index (χ0n) is 16.6. The quantitative estimate of drug-likeness (QED) is 0.356. The summed E-state index contributed by atoms with van der Waals surface area (Å²) in [5.74, 6) is 0. The van der Waals surface area contributed by atoms with Crippen LogP contribution in [0.2, 0.25) is 0 Å². The van der Waals surface area contributed by atoms with Crippen molar-refractivity contribution in [2.75, 3.05) is 4.90 Å². The minimum Gasteiger partial charge on any atom is -0.310 e. The molecule has 4 aromatic carbocycles. The van der Waals surface area contributed by atoms with E-state index in [2.05, 4.69) is 133 Å². The van der Waals surface area contributed by atoms with Gasteiger partial charge in [-0.05, 0) is 42.3 Å². The molecular formula is C26H21BBrN. The summed E-state index contributed by atoms with van der Waals surface area (Å²) in [6, 6.07) is 34.7. The predicted octanol–water partition coefficient (Wildman–Crippen LogP) is 5.85. The highest BCUT2D eigenvalue weighted by atomic mass is 79.9. The average Bonchev–Trinajstić information content (AvgIpc) is 2.76. The van der Waals surface area contributed by atoms with Crippen LogP contribution in [-0.2, 0) is 5.41 Å². The molecule has 29 heavy (non-hydrogen) atoms. The van der Waals surface area contributed by atoms with Crippen LogP contribution in [0.4, 0.5) is 17.1 Å². The summed E-state index contributed by atoms with van der Waals surface area (Å²) >= 11 is 3.90. The van der Waals surface area contributed by atoms with Gasteiger partial charge in [-0.15, -0.1) is 0 Å². The number of hydrogen-bond acceptors (Lipinski definition) is 1. The number of anilines is 3. The van der Waals surface area contributed by atoms with Gasteiger partial charge in [0.2, 0.25) is 0 Å². The topological polar surface area (TPSA) is 3.24 Å². The molecule has 0 aromatic heterocycles. The van der Waals surface area contributed by atoms with Crippen molar-refractivity contribution < 1.29 is 0 Å². The SMILES string of the molecule is Bc1cccc2c1N(c1ccccc1)c1cccc(Br)c1C2(C)c1ccccc1. The molecule has 140 valence electrons. The first-order valence-corrected chi connectivity index (χ1v) is 10.7. The van der Waals surface area contributed by atoms with Crippen molar-refractivity contribution in [3.8, 4) is 0 Å². The normalized spacial score (nSPS) is 17.5. The van der Waals surface area contributed by atoms with Crippen LogP contribution in [0.1, 0.15) is 23.6 Å². The maximum Gasteiger partial charge on any atom is 0.142 e. The number of hydrogen-bond donors (Lipinski definition) is 0. The van der Waals surface area contributed by atoms with Gasteiger partial charge in [0.25, 0.3) is 0 Å². The number of benzene rings is 4. The molecule has 0 fully saturated rings. The van der Waals surface area contributed by atoms with Gasteiger partial charge in [-0.25, -0.2) is 0 Å². The lowest BCUT2D eigenvalue weighted by molar-refractivity contribution is 0.678. The van der Waals surface area contributed by atoms with E-state index in [0.29, 0.717) is 0 Å². The van der Waals surface area contributed by atoms with Crippen molar-refractivity contribution in [1.82, 2.24) is 0 Å². The molecule has 1 aliphatic heterocycles. The summed E-state index contributed by atoms with van der Waals surface area (Å²) in [6.07, 6.45) is 0. The molecule has 0 bridgehead atoms. The molecule has 0 radical (unpaired) electrons. The van der Waals surface area contributed by atoms with Gasteiger partial charge in [-0.3, -0.25) is 0 Å². The molecule has 1 nitrogen and oxygen atoms in total. The lowest BCUT2D eigenvalue weighted by atomic mass is 9.66. The molecule has 1 unspecified atom stereocenters. The number of fused-ring (bicyclic) bond motifs is 2. The Bertz CT molecular complexity index is 1190. The summed E-state index contributed by atoms with van der Waals surface area (Å²) in [7, 11) is 2.21. The maximum absolute atomic E-state index is 3.90. The van der Waals surface area contributed by atoms with Gasteiger partial charge in [0.15, 0.2) is 0 Å². The van der Waals surface area contributed by atoms with E-state index >= 15 is 0 Å². The first kappa shape index (κ1) is 18.3. The summed E-state index contributed by atoms with van der Waals surface area (Å²) in [5.41, 5.74) is 8.61. The molecule has 0 amide bonds. The van der Waals surface area contributed by atoms with Crippen LogP contribution in [0.25, 0.3) is 0 Å². The third kappa shape index (κ3) is 2.68. The van der Waals surface area contributed by atoms with Crippen LogP contribution < -0.4 is 10.4 Å². The standard InChI is InChI=1S/C26H21BBrN/c1-26(18-10-4-2-5-11-18)20-14-8-15-21(27)25(20)29(19-12-6-3-7-13-19)23-17-9-16-22(28)24(23)26/h2-17H,27H2,1H3. The molecule has 5 rings (SSSR count). The van der Waals surface area contributed by atoms with E-state index < -0.39 is 0 Å². The second-order valence-corrected chi connectivity index (χ2v) is 8.62. The molecule has 0 N–H and O–H groups in total. The van der Waals surface area contributed by atoms with Crippen LogP contribution >= 0.6 is 15.9 Å². The van der Waals surface area contributed by atoms with Crippen LogP contribution in [-0.4, -0.2) is 7.85 Å². The van der Waals surface area contributed by atoms with Crippen LogP contribution in [0.15, 0.2) is 102 Å². The smallest absolute Gasteiger partial charge is 0.142 e. The molecule has 0 saturated carbocycles. The van der Waals surface area contributed by atoms with Crippen molar-refractivity contribution in [1.29, 1.82) is 0 Å². The van der Waals surface area contributed by atoms with Gasteiger partial charge in [-0.2, -0.15) is 0 Å². The Balaban J connectivity index is 1.93. The van der Waals surface area contributed by atoms with Crippen LogP contribution in [0, 0.1) is 0 Å². The Labute approximate surface area is 181 Å². The second-order valence-electron chi connectivity index (χ2n) is 7.77. The van der Waals surface area contributed by atoms with Gasteiger partial charge in [0.1, 0.15) is 7.85 Å². The van der Waals surface area contributed by atoms with E-state index in [4.69, 9.17) is 0 Å². The molecule has 0 saturated heterocycles. The first-order valence-electron chi connectivity index (χ1n) is 9.92. The van der Waals surface area contributed by atoms with Gasteiger partial charge in [-0.1, -0.05) is 94.2 Å². The summed E-state index contributed by atoms with van der Waals surface area (Å²) < 4.78 is 1.13. The number of para-hydroxylation sites is 2. The molecule has 1 aliphatic rings. The minimum atomic E-state index is -0.261. The van der Waals surface area contributed by atoms with E-state index in [1.54, 1.807) is 0 Å². The second kappa shape index (κ2) is 6.93. The monoisotopic (exact) mass is 437 g/mol. The zero-order valence-corrected chi connectivity index (χ0v) is 18.1. The van der Waals surface area contributed by atoms with Gasteiger partial charge in [0, 0.05) is 26.8 Å². The third-order valence-corrected chi connectivity index (χ3v) is 6.76. The highest BCUT2D eigenvalue weighted by Gasteiger charge is 2.43. The first-order chi connectivity index (χ1) is 14.1. The highest BCUT2D eigenvalue weighted by Crippen LogP contribution is 2.55. The molecule has 1 atom stereocenters. The van der Waals surface area contributed by atoms with Crippen molar-refractivity contribution in [3.63, 3.8) is 0 Å². The Hall–Kier alpha value is -2.78. The summed E-state index contributed by atoms with van der Waals surface area (Å²) in [5, 5.41) is 0. The summed E-state index contributed by atoms with van der Waals surface area (Å²) in [6.45, 7) is 2.35. The fraction of sp³-hybridized carbons (Fsp3) is 0.0769.